The van der Waals surface area contributed by atoms with E-state index >= 15 is 0 Å². The van der Waals surface area contributed by atoms with E-state index in [1.54, 1.807) is 24.3 Å². The number of hydrogen-bond donors (Lipinski definition) is 1. The van der Waals surface area contributed by atoms with Crippen molar-refractivity contribution in [3.63, 3.8) is 0 Å². The Hall–Kier alpha value is -3.33. The van der Waals surface area contributed by atoms with Crippen molar-refractivity contribution in [3.05, 3.63) is 57.6 Å². The number of anilines is 1. The van der Waals surface area contributed by atoms with Gasteiger partial charge in [0.15, 0.2) is 18.1 Å². The molecule has 0 aromatic heterocycles. The minimum Gasteiger partial charge on any atom is -0.485 e. The molecule has 9 nitrogen and oxygen atoms in total. The molecule has 0 aliphatic carbocycles. The van der Waals surface area contributed by atoms with Crippen molar-refractivity contribution in [3.8, 4) is 11.5 Å². The fourth-order valence-corrected chi connectivity index (χ4v) is 2.48. The third kappa shape index (κ3) is 4.45. The molecule has 0 radical (unpaired) electrons. The zero-order valence-electron chi connectivity index (χ0n) is 13.7. The number of rotatable bonds is 5. The van der Waals surface area contributed by atoms with Gasteiger partial charge in [-0.05, 0) is 24.3 Å². The lowest BCUT2D eigenvalue weighted by atomic mass is 10.2. The van der Waals surface area contributed by atoms with E-state index in [0.717, 1.165) is 6.07 Å². The Bertz CT molecular complexity index is 903. The maximum Gasteiger partial charge on any atom is 0.351 e. The third-order valence-electron chi connectivity index (χ3n) is 3.55. The number of nitrogens with one attached hydrogen (secondary N) is 1. The van der Waals surface area contributed by atoms with Gasteiger partial charge in [-0.25, -0.2) is 4.79 Å². The first kappa shape index (κ1) is 18.5. The number of hydrogen-bond acceptors (Lipinski definition) is 7. The lowest BCUT2D eigenvalue weighted by Gasteiger charge is -2.24. The van der Waals surface area contributed by atoms with Gasteiger partial charge in [0.05, 0.1) is 4.92 Å². The molecule has 27 heavy (non-hydrogen) atoms. The first-order valence-corrected chi connectivity index (χ1v) is 8.11. The number of esters is 1. The molecule has 140 valence electrons. The molecule has 1 aliphatic heterocycles. The van der Waals surface area contributed by atoms with Crippen LogP contribution >= 0.6 is 11.6 Å². The van der Waals surface area contributed by atoms with Crippen molar-refractivity contribution in [1.82, 2.24) is 0 Å². The standard InChI is InChI=1S/C17H13ClN2O7/c18-10-5-6-11(12(7-10)20(23)24)19-16(21)9-26-17(22)15-8-25-13-3-1-2-4-14(13)27-15/h1-7,15H,8-9H2,(H,19,21)/t15-/m0/s1. The molecule has 1 atom stereocenters. The number of amides is 1. The Kier molecular flexibility index (Phi) is 5.41. The first-order valence-electron chi connectivity index (χ1n) is 7.73. The molecule has 10 heteroatoms. The molecule has 2 aromatic carbocycles. The summed E-state index contributed by atoms with van der Waals surface area (Å²) in [6, 6.07) is 10.6. The normalized spacial score (nSPS) is 14.9. The van der Waals surface area contributed by atoms with E-state index in [-0.39, 0.29) is 23.0 Å². The number of carbonyl (C=O) groups excluding carboxylic acids is 2. The van der Waals surface area contributed by atoms with E-state index in [1.807, 2.05) is 0 Å². The molecule has 2 aromatic rings. The van der Waals surface area contributed by atoms with Gasteiger partial charge < -0.3 is 19.5 Å². The fourth-order valence-electron chi connectivity index (χ4n) is 2.31. The SMILES string of the molecule is O=C(COC(=O)[C@@H]1COc2ccccc2O1)Nc1ccc(Cl)cc1[N+](=O)[O-]. The lowest BCUT2D eigenvalue weighted by Crippen LogP contribution is -2.39. The van der Waals surface area contributed by atoms with Gasteiger partial charge in [-0.1, -0.05) is 23.7 Å². The van der Waals surface area contributed by atoms with Crippen LogP contribution in [-0.4, -0.2) is 36.1 Å². The highest BCUT2D eigenvalue weighted by molar-refractivity contribution is 6.31. The van der Waals surface area contributed by atoms with Gasteiger partial charge in [-0.3, -0.25) is 14.9 Å². The first-order chi connectivity index (χ1) is 12.9. The van der Waals surface area contributed by atoms with Crippen molar-refractivity contribution < 1.29 is 28.7 Å². The van der Waals surface area contributed by atoms with E-state index in [2.05, 4.69) is 5.32 Å². The van der Waals surface area contributed by atoms with Crippen LogP contribution in [0.4, 0.5) is 11.4 Å². The summed E-state index contributed by atoms with van der Waals surface area (Å²) in [6.45, 7) is -0.694. The van der Waals surface area contributed by atoms with Crippen LogP contribution in [0.5, 0.6) is 11.5 Å². The summed E-state index contributed by atoms with van der Waals surface area (Å²) in [5.74, 6) is -0.627. The topological polar surface area (TPSA) is 117 Å². The van der Waals surface area contributed by atoms with Gasteiger partial charge in [-0.15, -0.1) is 0 Å². The van der Waals surface area contributed by atoms with Gasteiger partial charge in [0.2, 0.25) is 6.10 Å². The monoisotopic (exact) mass is 392 g/mol. The molecule has 0 saturated heterocycles. The lowest BCUT2D eigenvalue weighted by molar-refractivity contribution is -0.383. The summed E-state index contributed by atoms with van der Waals surface area (Å²) in [7, 11) is 0. The maximum absolute atomic E-state index is 12.1. The van der Waals surface area contributed by atoms with Crippen molar-refractivity contribution in [1.29, 1.82) is 0 Å². The highest BCUT2D eigenvalue weighted by Crippen LogP contribution is 2.31. The van der Waals surface area contributed by atoms with Gasteiger partial charge in [-0.2, -0.15) is 0 Å². The molecule has 3 rings (SSSR count). The maximum atomic E-state index is 12.1. The highest BCUT2D eigenvalue weighted by atomic mass is 35.5. The highest BCUT2D eigenvalue weighted by Gasteiger charge is 2.29. The number of fused-ring (bicyclic) bond motifs is 1. The van der Waals surface area contributed by atoms with Crippen molar-refractivity contribution >= 4 is 34.9 Å². The number of nitro benzene ring substituents is 1. The zero-order chi connectivity index (χ0) is 19.4. The van der Waals surface area contributed by atoms with Crippen LogP contribution in [-0.2, 0) is 14.3 Å². The van der Waals surface area contributed by atoms with Crippen LogP contribution in [0, 0.1) is 10.1 Å². The Morgan fingerprint density at radius 2 is 2.00 bits per heavy atom. The Morgan fingerprint density at radius 1 is 1.26 bits per heavy atom. The van der Waals surface area contributed by atoms with E-state index in [0.29, 0.717) is 11.5 Å². The van der Waals surface area contributed by atoms with Crippen molar-refractivity contribution in [2.45, 2.75) is 6.10 Å². The van der Waals surface area contributed by atoms with E-state index in [4.69, 9.17) is 25.8 Å². The van der Waals surface area contributed by atoms with Crippen LogP contribution in [0.25, 0.3) is 0 Å². The molecular formula is C17H13ClN2O7. The second kappa shape index (κ2) is 7.92. The Balaban J connectivity index is 1.56. The van der Waals surface area contributed by atoms with Crippen LogP contribution in [0.3, 0.4) is 0 Å². The summed E-state index contributed by atoms with van der Waals surface area (Å²) < 4.78 is 15.8. The zero-order valence-corrected chi connectivity index (χ0v) is 14.5. The number of nitro groups is 1. The molecule has 1 amide bonds. The number of para-hydroxylation sites is 2. The summed E-state index contributed by atoms with van der Waals surface area (Å²) >= 11 is 5.71. The molecule has 1 heterocycles. The predicted octanol–water partition coefficient (Wildman–Crippen LogP) is 2.57. The van der Waals surface area contributed by atoms with Gasteiger partial charge in [0, 0.05) is 11.1 Å². The predicted molar refractivity (Wildman–Crippen MR) is 94.0 cm³/mol. The smallest absolute Gasteiger partial charge is 0.351 e. The second-order valence-electron chi connectivity index (χ2n) is 5.44. The number of ether oxygens (including phenoxy) is 3. The second-order valence-corrected chi connectivity index (χ2v) is 5.88. The van der Waals surface area contributed by atoms with Gasteiger partial charge in [0.25, 0.3) is 11.6 Å². The van der Waals surface area contributed by atoms with Crippen LogP contribution in [0.1, 0.15) is 0 Å². The number of nitrogens with zero attached hydrogens (tertiary/aromatic N) is 1. The van der Waals surface area contributed by atoms with Crippen LogP contribution < -0.4 is 14.8 Å². The fraction of sp³-hybridized carbons (Fsp3) is 0.176. The Morgan fingerprint density at radius 3 is 2.74 bits per heavy atom. The largest absolute Gasteiger partial charge is 0.485 e. The Labute approximate surface area is 157 Å². The average Bonchev–Trinajstić information content (AvgIpc) is 2.67. The number of halogens is 1. The number of carbonyl (C=O) groups is 2. The average molecular weight is 393 g/mol. The summed E-state index contributed by atoms with van der Waals surface area (Å²) in [6.07, 6.45) is -1.02. The summed E-state index contributed by atoms with van der Waals surface area (Å²) in [5.41, 5.74) is -0.431. The van der Waals surface area contributed by atoms with Gasteiger partial charge in [0.1, 0.15) is 12.3 Å². The molecule has 0 spiro atoms. The summed E-state index contributed by atoms with van der Waals surface area (Å²) in [4.78, 5) is 34.3. The molecule has 1 N–H and O–H groups in total. The van der Waals surface area contributed by atoms with Crippen molar-refractivity contribution in [2.24, 2.45) is 0 Å². The summed E-state index contributed by atoms with van der Waals surface area (Å²) in [5, 5.41) is 13.5. The quantitative estimate of drug-likeness (QED) is 0.472. The molecule has 1 aliphatic rings. The minimum atomic E-state index is -1.02. The van der Waals surface area contributed by atoms with Crippen LogP contribution in [0.2, 0.25) is 5.02 Å². The van der Waals surface area contributed by atoms with Gasteiger partial charge >= 0.3 is 5.97 Å². The van der Waals surface area contributed by atoms with E-state index in [9.17, 15) is 19.7 Å². The third-order valence-corrected chi connectivity index (χ3v) is 3.78. The van der Waals surface area contributed by atoms with E-state index in [1.165, 1.54) is 12.1 Å². The molecule has 0 bridgehead atoms. The molecule has 0 fully saturated rings. The van der Waals surface area contributed by atoms with E-state index < -0.39 is 29.5 Å². The van der Waals surface area contributed by atoms with Crippen molar-refractivity contribution in [2.75, 3.05) is 18.5 Å². The van der Waals surface area contributed by atoms with Crippen LogP contribution in [0.15, 0.2) is 42.5 Å². The molecule has 0 unspecified atom stereocenters. The minimum absolute atomic E-state index is 0.0554. The number of benzene rings is 2. The molecule has 0 saturated carbocycles. The molecular weight excluding hydrogens is 380 g/mol.